The van der Waals surface area contributed by atoms with Crippen molar-refractivity contribution >= 4 is 17.3 Å². The van der Waals surface area contributed by atoms with Crippen LogP contribution in [0.2, 0.25) is 5.02 Å². The summed E-state index contributed by atoms with van der Waals surface area (Å²) in [6.45, 7) is 0.544. The highest BCUT2D eigenvalue weighted by Crippen LogP contribution is 2.22. The van der Waals surface area contributed by atoms with Crippen molar-refractivity contribution in [2.75, 3.05) is 11.9 Å². The Hall–Kier alpha value is -3.10. The van der Waals surface area contributed by atoms with Gasteiger partial charge in [0.15, 0.2) is 0 Å². The molecule has 0 atom stereocenters. The molecule has 1 heterocycles. The van der Waals surface area contributed by atoms with Crippen LogP contribution in [0.1, 0.15) is 11.1 Å². The average Bonchev–Trinajstić information content (AvgIpc) is 2.65. The van der Waals surface area contributed by atoms with Crippen molar-refractivity contribution in [3.63, 3.8) is 0 Å². The third-order valence-corrected chi connectivity index (χ3v) is 4.17. The van der Waals surface area contributed by atoms with Gasteiger partial charge in [0.2, 0.25) is 0 Å². The molecule has 5 nitrogen and oxygen atoms in total. The summed E-state index contributed by atoms with van der Waals surface area (Å²) in [6, 6.07) is 18.5. The number of para-hydroxylation sites is 1. The van der Waals surface area contributed by atoms with E-state index in [1.165, 1.54) is 4.68 Å². The second-order valence-electron chi connectivity index (χ2n) is 5.56. The van der Waals surface area contributed by atoms with Crippen LogP contribution in [0, 0.1) is 11.3 Å². The predicted octanol–water partition coefficient (Wildman–Crippen LogP) is 3.39. The molecular weight excluding hydrogens is 336 g/mol. The SMILES string of the molecule is CN(Cc1ccc(C#N)cc1)c1cnn(-c2ccccc2)c(=O)c1Cl. The fraction of sp³-hybridized carbons (Fsp3) is 0.105. The van der Waals surface area contributed by atoms with Crippen LogP contribution in [0.3, 0.4) is 0 Å². The highest BCUT2D eigenvalue weighted by atomic mass is 35.5. The highest BCUT2D eigenvalue weighted by molar-refractivity contribution is 6.33. The Bertz CT molecular complexity index is 975. The van der Waals surface area contributed by atoms with Crippen LogP contribution in [0.25, 0.3) is 5.69 Å². The minimum Gasteiger partial charge on any atom is -0.368 e. The van der Waals surface area contributed by atoms with E-state index in [1.54, 1.807) is 30.5 Å². The Morgan fingerprint density at radius 1 is 1.16 bits per heavy atom. The maximum atomic E-state index is 12.5. The highest BCUT2D eigenvalue weighted by Gasteiger charge is 2.14. The fourth-order valence-corrected chi connectivity index (χ4v) is 2.76. The van der Waals surface area contributed by atoms with Crippen molar-refractivity contribution < 1.29 is 0 Å². The number of anilines is 1. The summed E-state index contributed by atoms with van der Waals surface area (Å²) in [5, 5.41) is 13.2. The zero-order valence-electron chi connectivity index (χ0n) is 13.6. The normalized spacial score (nSPS) is 10.3. The van der Waals surface area contributed by atoms with Gasteiger partial charge in [0, 0.05) is 13.6 Å². The van der Waals surface area contributed by atoms with E-state index in [1.807, 2.05) is 42.3 Å². The first-order chi connectivity index (χ1) is 12.1. The first kappa shape index (κ1) is 16.7. The molecule has 0 radical (unpaired) electrons. The van der Waals surface area contributed by atoms with Gasteiger partial charge in [-0.05, 0) is 29.8 Å². The average molecular weight is 351 g/mol. The molecular formula is C19H15ClN4O. The van der Waals surface area contributed by atoms with Crippen LogP contribution in [0.5, 0.6) is 0 Å². The maximum absolute atomic E-state index is 12.5. The summed E-state index contributed by atoms with van der Waals surface area (Å²) in [4.78, 5) is 14.4. The molecule has 0 saturated heterocycles. The molecule has 3 rings (SSSR count). The topological polar surface area (TPSA) is 61.9 Å². The summed E-state index contributed by atoms with van der Waals surface area (Å²) in [5.74, 6) is 0. The molecule has 0 bridgehead atoms. The molecule has 0 unspecified atom stereocenters. The molecule has 0 amide bonds. The first-order valence-corrected chi connectivity index (χ1v) is 8.01. The van der Waals surface area contributed by atoms with Crippen molar-refractivity contribution in [2.45, 2.75) is 6.54 Å². The second kappa shape index (κ2) is 7.20. The lowest BCUT2D eigenvalue weighted by Gasteiger charge is -2.20. The standard InChI is InChI=1S/C19H15ClN4O/c1-23(13-15-9-7-14(11-21)8-10-15)17-12-22-24(19(25)18(17)20)16-5-3-2-4-6-16/h2-10,12H,13H2,1H3. The number of benzene rings is 2. The number of hydrogen-bond donors (Lipinski definition) is 0. The van der Waals surface area contributed by atoms with E-state index in [-0.39, 0.29) is 10.6 Å². The zero-order chi connectivity index (χ0) is 17.8. The molecule has 1 aromatic heterocycles. The van der Waals surface area contributed by atoms with Gasteiger partial charge in [-0.25, -0.2) is 0 Å². The quantitative estimate of drug-likeness (QED) is 0.723. The Morgan fingerprint density at radius 3 is 2.48 bits per heavy atom. The molecule has 6 heteroatoms. The lowest BCUT2D eigenvalue weighted by Crippen LogP contribution is -2.26. The number of hydrogen-bond acceptors (Lipinski definition) is 4. The molecule has 2 aromatic carbocycles. The zero-order valence-corrected chi connectivity index (χ0v) is 14.3. The third kappa shape index (κ3) is 3.54. The molecule has 3 aromatic rings. The summed E-state index contributed by atoms with van der Waals surface area (Å²) < 4.78 is 1.28. The molecule has 124 valence electrons. The fourth-order valence-electron chi connectivity index (χ4n) is 2.49. The number of aromatic nitrogens is 2. The van der Waals surface area contributed by atoms with E-state index in [4.69, 9.17) is 16.9 Å². The molecule has 0 aliphatic heterocycles. The molecule has 0 aliphatic carbocycles. The summed E-state index contributed by atoms with van der Waals surface area (Å²) in [5.41, 5.74) is 2.47. The lowest BCUT2D eigenvalue weighted by molar-refractivity contribution is 0.795. The summed E-state index contributed by atoms with van der Waals surface area (Å²) >= 11 is 6.30. The van der Waals surface area contributed by atoms with Crippen molar-refractivity contribution in [1.29, 1.82) is 5.26 Å². The van der Waals surface area contributed by atoms with Gasteiger partial charge in [-0.3, -0.25) is 4.79 Å². The smallest absolute Gasteiger partial charge is 0.292 e. The summed E-state index contributed by atoms with van der Waals surface area (Å²) in [7, 11) is 1.84. The van der Waals surface area contributed by atoms with Crippen molar-refractivity contribution in [2.24, 2.45) is 0 Å². The van der Waals surface area contributed by atoms with Crippen LogP contribution in [0.15, 0.2) is 65.6 Å². The van der Waals surface area contributed by atoms with E-state index in [9.17, 15) is 4.79 Å². The van der Waals surface area contributed by atoms with Gasteiger partial charge in [-0.15, -0.1) is 0 Å². The molecule has 0 spiro atoms. The van der Waals surface area contributed by atoms with Gasteiger partial charge < -0.3 is 4.90 Å². The van der Waals surface area contributed by atoms with Crippen molar-refractivity contribution in [3.8, 4) is 11.8 Å². The van der Waals surface area contributed by atoms with Gasteiger partial charge in [0.25, 0.3) is 5.56 Å². The van der Waals surface area contributed by atoms with Gasteiger partial charge in [0.1, 0.15) is 5.02 Å². The summed E-state index contributed by atoms with van der Waals surface area (Å²) in [6.07, 6.45) is 1.58. The molecule has 0 saturated carbocycles. The number of nitriles is 1. The third-order valence-electron chi connectivity index (χ3n) is 3.82. The van der Waals surface area contributed by atoms with E-state index >= 15 is 0 Å². The van der Waals surface area contributed by atoms with Crippen LogP contribution in [0.4, 0.5) is 5.69 Å². The van der Waals surface area contributed by atoms with Gasteiger partial charge in [0.05, 0.1) is 29.2 Å². The van der Waals surface area contributed by atoms with Crippen LogP contribution in [-0.4, -0.2) is 16.8 Å². The Labute approximate surface area is 150 Å². The maximum Gasteiger partial charge on any atom is 0.292 e. The molecule has 0 N–H and O–H groups in total. The van der Waals surface area contributed by atoms with E-state index in [0.29, 0.717) is 23.5 Å². The first-order valence-electron chi connectivity index (χ1n) is 7.63. The molecule has 25 heavy (non-hydrogen) atoms. The van der Waals surface area contributed by atoms with E-state index in [2.05, 4.69) is 11.2 Å². The molecule has 0 aliphatic rings. The van der Waals surface area contributed by atoms with Gasteiger partial charge in [-0.1, -0.05) is 41.9 Å². The lowest BCUT2D eigenvalue weighted by atomic mass is 10.1. The van der Waals surface area contributed by atoms with Crippen LogP contribution in [-0.2, 0) is 6.54 Å². The van der Waals surface area contributed by atoms with E-state index in [0.717, 1.165) is 5.56 Å². The predicted molar refractivity (Wildman–Crippen MR) is 98.1 cm³/mol. The van der Waals surface area contributed by atoms with E-state index < -0.39 is 0 Å². The second-order valence-corrected chi connectivity index (χ2v) is 5.94. The van der Waals surface area contributed by atoms with Crippen LogP contribution < -0.4 is 10.5 Å². The Balaban J connectivity index is 1.88. The van der Waals surface area contributed by atoms with Gasteiger partial charge >= 0.3 is 0 Å². The largest absolute Gasteiger partial charge is 0.368 e. The number of nitrogens with zero attached hydrogens (tertiary/aromatic N) is 4. The number of halogens is 1. The number of rotatable bonds is 4. The van der Waals surface area contributed by atoms with Crippen molar-refractivity contribution in [3.05, 3.63) is 87.3 Å². The van der Waals surface area contributed by atoms with Crippen LogP contribution >= 0.6 is 11.6 Å². The monoisotopic (exact) mass is 350 g/mol. The minimum atomic E-state index is -0.364. The van der Waals surface area contributed by atoms with Crippen molar-refractivity contribution in [1.82, 2.24) is 9.78 Å². The molecule has 0 fully saturated rings. The minimum absolute atomic E-state index is 0.120. The Kier molecular flexibility index (Phi) is 4.82. The van der Waals surface area contributed by atoms with Gasteiger partial charge in [-0.2, -0.15) is 15.0 Å². The Morgan fingerprint density at radius 2 is 1.84 bits per heavy atom.